The highest BCUT2D eigenvalue weighted by atomic mass is 32.3. The van der Waals surface area contributed by atoms with Crippen LogP contribution in [0.25, 0.3) is 0 Å². The van der Waals surface area contributed by atoms with Gasteiger partial charge < -0.3 is 5.73 Å². The van der Waals surface area contributed by atoms with E-state index in [1.54, 1.807) is 0 Å². The van der Waals surface area contributed by atoms with Crippen LogP contribution in [0.4, 0.5) is 13.5 Å². The summed E-state index contributed by atoms with van der Waals surface area (Å²) in [5, 5.41) is 0. The maximum absolute atomic E-state index is 12.5. The fraction of sp³-hybridized carbons (Fsp3) is 0. The molecule has 0 saturated carbocycles. The smallest absolute Gasteiger partial charge is 0.332 e. The molecule has 0 atom stereocenters. The van der Waals surface area contributed by atoms with E-state index in [0.29, 0.717) is 18.2 Å². The van der Waals surface area contributed by atoms with Crippen molar-refractivity contribution in [2.75, 3.05) is 5.73 Å². The Bertz CT molecular complexity index is 543. The molecule has 0 heterocycles. The van der Waals surface area contributed by atoms with Crippen molar-refractivity contribution in [2.45, 2.75) is 9.79 Å². The van der Waals surface area contributed by atoms with Crippen molar-refractivity contribution in [3.05, 3.63) is 18.2 Å². The first kappa shape index (κ1) is 11.9. The third-order valence-electron chi connectivity index (χ3n) is 1.47. The van der Waals surface area contributed by atoms with Crippen LogP contribution in [-0.4, -0.2) is 16.8 Å². The molecule has 0 aromatic heterocycles. The van der Waals surface area contributed by atoms with Gasteiger partial charge in [0.25, 0.3) is 0 Å². The molecule has 0 fully saturated rings. The molecule has 1 aromatic rings. The second kappa shape index (κ2) is 3.42. The molecular formula is C6H5F2NO4S2. The summed E-state index contributed by atoms with van der Waals surface area (Å²) in [5.74, 6) is 0. The molecule has 0 bridgehead atoms. The Hall–Kier alpha value is -1.22. The molecule has 9 heteroatoms. The van der Waals surface area contributed by atoms with E-state index in [9.17, 15) is 24.6 Å². The highest BCUT2D eigenvalue weighted by Crippen LogP contribution is 2.22. The number of halogens is 2. The number of rotatable bonds is 2. The van der Waals surface area contributed by atoms with E-state index in [4.69, 9.17) is 5.73 Å². The monoisotopic (exact) mass is 257 g/mol. The van der Waals surface area contributed by atoms with Gasteiger partial charge in [-0.15, -0.1) is 7.77 Å². The molecule has 0 saturated heterocycles. The van der Waals surface area contributed by atoms with E-state index >= 15 is 0 Å². The quantitative estimate of drug-likeness (QED) is 0.618. The summed E-state index contributed by atoms with van der Waals surface area (Å²) in [6.07, 6.45) is 0. The van der Waals surface area contributed by atoms with Crippen LogP contribution in [0.2, 0.25) is 0 Å². The standard InChI is InChI=1S/C6H5F2NO4S2/c7-14(10,11)5-1-4(9)2-6(3-5)15(8,12)13/h1-3H,9H2. The number of nitrogens with two attached hydrogens (primary N) is 1. The molecule has 84 valence electrons. The van der Waals surface area contributed by atoms with Crippen LogP contribution in [0.5, 0.6) is 0 Å². The average molecular weight is 257 g/mol. The van der Waals surface area contributed by atoms with E-state index in [2.05, 4.69) is 0 Å². The van der Waals surface area contributed by atoms with E-state index in [1.807, 2.05) is 0 Å². The van der Waals surface area contributed by atoms with Gasteiger partial charge in [-0.1, -0.05) is 0 Å². The molecule has 0 aliphatic carbocycles. The minimum absolute atomic E-state index is 0.348. The fourth-order valence-electron chi connectivity index (χ4n) is 0.875. The second-order valence-electron chi connectivity index (χ2n) is 2.61. The molecule has 0 radical (unpaired) electrons. The molecule has 1 rings (SSSR count). The van der Waals surface area contributed by atoms with Gasteiger partial charge in [0, 0.05) is 5.69 Å². The summed E-state index contributed by atoms with van der Waals surface area (Å²) in [6, 6.07) is 1.72. The number of nitrogen functional groups attached to an aromatic ring is 1. The van der Waals surface area contributed by atoms with Crippen molar-refractivity contribution >= 4 is 26.1 Å². The zero-order valence-corrected chi connectivity index (χ0v) is 8.65. The topological polar surface area (TPSA) is 94.3 Å². The molecule has 0 amide bonds. The van der Waals surface area contributed by atoms with Gasteiger partial charge in [0.2, 0.25) is 0 Å². The highest BCUT2D eigenvalue weighted by molar-refractivity contribution is 7.87. The molecule has 5 nitrogen and oxygen atoms in total. The molecule has 2 N–H and O–H groups in total. The first-order valence-electron chi connectivity index (χ1n) is 3.40. The summed E-state index contributed by atoms with van der Waals surface area (Å²) in [7, 11) is -10.2. The largest absolute Gasteiger partial charge is 0.399 e. The normalized spacial score (nSPS) is 12.7. The predicted octanol–water partition coefficient (Wildman–Crippen LogP) is 0.585. The minimum Gasteiger partial charge on any atom is -0.399 e. The molecular weight excluding hydrogens is 252 g/mol. The third-order valence-corrected chi connectivity index (χ3v) is 3.06. The van der Waals surface area contributed by atoms with Crippen LogP contribution in [0, 0.1) is 0 Å². The van der Waals surface area contributed by atoms with Crippen LogP contribution in [-0.2, 0) is 20.4 Å². The first-order valence-corrected chi connectivity index (χ1v) is 6.17. The molecule has 0 unspecified atom stereocenters. The predicted molar refractivity (Wildman–Crippen MR) is 47.4 cm³/mol. The summed E-state index contributed by atoms with van der Waals surface area (Å²) in [5.41, 5.74) is 4.72. The van der Waals surface area contributed by atoms with Crippen molar-refractivity contribution in [3.63, 3.8) is 0 Å². The van der Waals surface area contributed by atoms with Crippen molar-refractivity contribution in [2.24, 2.45) is 0 Å². The molecule has 0 spiro atoms. The minimum atomic E-state index is -5.12. The van der Waals surface area contributed by atoms with Gasteiger partial charge in [-0.25, -0.2) is 0 Å². The van der Waals surface area contributed by atoms with Gasteiger partial charge in [-0.05, 0) is 18.2 Å². The van der Waals surface area contributed by atoms with Crippen LogP contribution in [0.1, 0.15) is 0 Å². The number of hydrogen-bond acceptors (Lipinski definition) is 5. The molecule has 1 aromatic carbocycles. The zero-order valence-electron chi connectivity index (χ0n) is 7.01. The van der Waals surface area contributed by atoms with Crippen molar-refractivity contribution in [1.29, 1.82) is 0 Å². The average Bonchev–Trinajstić information content (AvgIpc) is 1.99. The fourth-order valence-corrected chi connectivity index (χ4v) is 2.04. The second-order valence-corrected chi connectivity index (χ2v) is 5.31. The molecule has 0 aliphatic heterocycles. The SMILES string of the molecule is Nc1cc(S(=O)(=O)F)cc(S(=O)(=O)F)c1. The number of anilines is 1. The Kier molecular flexibility index (Phi) is 2.70. The van der Waals surface area contributed by atoms with Gasteiger partial charge in [-0.3, -0.25) is 0 Å². The Morgan fingerprint density at radius 1 is 0.867 bits per heavy atom. The maximum Gasteiger partial charge on any atom is 0.332 e. The van der Waals surface area contributed by atoms with Gasteiger partial charge in [-0.2, -0.15) is 16.8 Å². The maximum atomic E-state index is 12.5. The van der Waals surface area contributed by atoms with Gasteiger partial charge >= 0.3 is 20.4 Å². The van der Waals surface area contributed by atoms with Gasteiger partial charge in [0.15, 0.2) is 0 Å². The molecule has 15 heavy (non-hydrogen) atoms. The van der Waals surface area contributed by atoms with Gasteiger partial charge in [0.1, 0.15) is 9.79 Å². The van der Waals surface area contributed by atoms with Crippen LogP contribution >= 0.6 is 0 Å². The first-order chi connectivity index (χ1) is 6.60. The van der Waals surface area contributed by atoms with Crippen LogP contribution in [0.15, 0.2) is 28.0 Å². The van der Waals surface area contributed by atoms with Crippen LogP contribution in [0.3, 0.4) is 0 Å². The summed E-state index contributed by atoms with van der Waals surface area (Å²) < 4.78 is 66.6. The Labute approximate surface area is 84.9 Å². The molecule has 0 aliphatic rings. The Morgan fingerprint density at radius 2 is 1.20 bits per heavy atom. The lowest BCUT2D eigenvalue weighted by molar-refractivity contribution is 0.550. The van der Waals surface area contributed by atoms with Gasteiger partial charge in [0.05, 0.1) is 0 Å². The summed E-state index contributed by atoms with van der Waals surface area (Å²) in [4.78, 5) is -2.00. The summed E-state index contributed by atoms with van der Waals surface area (Å²) in [6.45, 7) is 0. The van der Waals surface area contributed by atoms with Crippen molar-refractivity contribution in [3.8, 4) is 0 Å². The lowest BCUT2D eigenvalue weighted by Crippen LogP contribution is -2.00. The van der Waals surface area contributed by atoms with E-state index < -0.39 is 30.2 Å². The van der Waals surface area contributed by atoms with Crippen molar-refractivity contribution in [1.82, 2.24) is 0 Å². The number of benzene rings is 1. The van der Waals surface area contributed by atoms with Crippen molar-refractivity contribution < 1.29 is 24.6 Å². The van der Waals surface area contributed by atoms with E-state index in [-0.39, 0.29) is 5.69 Å². The Morgan fingerprint density at radius 3 is 1.47 bits per heavy atom. The third kappa shape index (κ3) is 2.86. The van der Waals surface area contributed by atoms with E-state index in [1.165, 1.54) is 0 Å². The Balaban J connectivity index is 3.57. The zero-order chi connectivity index (χ0) is 11.9. The lowest BCUT2D eigenvalue weighted by atomic mass is 10.3. The lowest BCUT2D eigenvalue weighted by Gasteiger charge is -2.00. The number of hydrogen-bond donors (Lipinski definition) is 1. The van der Waals surface area contributed by atoms with E-state index in [0.717, 1.165) is 0 Å². The highest BCUT2D eigenvalue weighted by Gasteiger charge is 2.19. The van der Waals surface area contributed by atoms with Crippen LogP contribution < -0.4 is 5.73 Å². The summed E-state index contributed by atoms with van der Waals surface area (Å²) >= 11 is 0.